The van der Waals surface area contributed by atoms with Crippen molar-refractivity contribution in [2.45, 2.75) is 39.5 Å². The van der Waals surface area contributed by atoms with Crippen molar-refractivity contribution in [1.82, 2.24) is 0 Å². The molecule has 148 valence electrons. The number of hydrogen-bond acceptors (Lipinski definition) is 4. The van der Waals surface area contributed by atoms with Crippen molar-refractivity contribution in [3.63, 3.8) is 0 Å². The van der Waals surface area contributed by atoms with Gasteiger partial charge in [0.15, 0.2) is 0 Å². The van der Waals surface area contributed by atoms with E-state index in [9.17, 15) is 19.8 Å². The number of carboxylic acid groups (broad SMARTS) is 1. The second kappa shape index (κ2) is 8.33. The molecule has 1 aliphatic rings. The number of phenols is 1. The fourth-order valence-electron chi connectivity index (χ4n) is 3.58. The van der Waals surface area contributed by atoms with E-state index >= 15 is 0 Å². The lowest BCUT2D eigenvalue weighted by molar-refractivity contribution is -0.118. The van der Waals surface area contributed by atoms with Crippen molar-refractivity contribution in [1.29, 1.82) is 0 Å². The van der Waals surface area contributed by atoms with Crippen LogP contribution in [0.1, 0.15) is 46.3 Å². The van der Waals surface area contributed by atoms with E-state index in [1.807, 2.05) is 32.0 Å². The number of fused-ring (bicyclic) bond motifs is 1. The summed E-state index contributed by atoms with van der Waals surface area (Å²) in [6.45, 7) is 5.03. The van der Waals surface area contributed by atoms with E-state index in [1.165, 1.54) is 6.07 Å². The van der Waals surface area contributed by atoms with Gasteiger partial charge in [0.05, 0.1) is 6.61 Å². The van der Waals surface area contributed by atoms with Crippen LogP contribution < -0.4 is 9.64 Å². The molecule has 0 bridgehead atoms. The van der Waals surface area contributed by atoms with E-state index in [2.05, 4.69) is 0 Å². The smallest absolute Gasteiger partial charge is 0.339 e. The SMILES string of the molecule is Cc1cccc(OCCCC(=O)N2CCCc3c2ccc(O)c3C(=O)O)c1C. The fourth-order valence-corrected chi connectivity index (χ4v) is 3.58. The first kappa shape index (κ1) is 19.7. The van der Waals surface area contributed by atoms with Crippen molar-refractivity contribution in [3.05, 3.63) is 52.6 Å². The number of aromatic hydroxyl groups is 1. The third kappa shape index (κ3) is 3.96. The topological polar surface area (TPSA) is 87.1 Å². The van der Waals surface area contributed by atoms with Gasteiger partial charge >= 0.3 is 5.97 Å². The molecule has 0 spiro atoms. The quantitative estimate of drug-likeness (QED) is 0.740. The minimum atomic E-state index is -1.18. The Morgan fingerprint density at radius 3 is 2.71 bits per heavy atom. The average molecular weight is 383 g/mol. The summed E-state index contributed by atoms with van der Waals surface area (Å²) in [7, 11) is 0. The van der Waals surface area contributed by atoms with Crippen molar-refractivity contribution in [2.24, 2.45) is 0 Å². The van der Waals surface area contributed by atoms with E-state index in [1.54, 1.807) is 11.0 Å². The highest BCUT2D eigenvalue weighted by Crippen LogP contribution is 2.35. The molecule has 0 aliphatic carbocycles. The molecule has 0 aromatic heterocycles. The zero-order valence-corrected chi connectivity index (χ0v) is 16.2. The van der Waals surface area contributed by atoms with Crippen molar-refractivity contribution in [2.75, 3.05) is 18.1 Å². The summed E-state index contributed by atoms with van der Waals surface area (Å²) < 4.78 is 5.81. The lowest BCUT2D eigenvalue weighted by Gasteiger charge is -2.30. The summed E-state index contributed by atoms with van der Waals surface area (Å²) in [6, 6.07) is 8.87. The van der Waals surface area contributed by atoms with Crippen LogP contribution in [0.3, 0.4) is 0 Å². The lowest BCUT2D eigenvalue weighted by Crippen LogP contribution is -2.36. The number of carbonyl (C=O) groups excluding carboxylic acids is 1. The molecule has 28 heavy (non-hydrogen) atoms. The minimum absolute atomic E-state index is 0.0625. The molecule has 3 rings (SSSR count). The van der Waals surface area contributed by atoms with Crippen LogP contribution in [0.15, 0.2) is 30.3 Å². The molecule has 0 saturated carbocycles. The van der Waals surface area contributed by atoms with E-state index in [4.69, 9.17) is 4.74 Å². The van der Waals surface area contributed by atoms with Gasteiger partial charge in [-0.2, -0.15) is 0 Å². The van der Waals surface area contributed by atoms with Crippen LogP contribution in [0.4, 0.5) is 5.69 Å². The maximum absolute atomic E-state index is 12.7. The Labute approximate surface area is 164 Å². The highest BCUT2D eigenvalue weighted by atomic mass is 16.5. The number of amides is 1. The molecule has 6 nitrogen and oxygen atoms in total. The summed E-state index contributed by atoms with van der Waals surface area (Å²) in [4.78, 5) is 25.8. The number of ether oxygens (including phenoxy) is 1. The van der Waals surface area contributed by atoms with Gasteiger partial charge in [0.25, 0.3) is 0 Å². The van der Waals surface area contributed by atoms with Crippen LogP contribution in [0.25, 0.3) is 0 Å². The maximum Gasteiger partial charge on any atom is 0.339 e. The molecule has 6 heteroatoms. The normalized spacial score (nSPS) is 13.1. The molecular formula is C22H25NO5. The number of nitrogens with zero attached hydrogens (tertiary/aromatic N) is 1. The highest BCUT2D eigenvalue weighted by molar-refractivity contribution is 5.99. The Bertz CT molecular complexity index is 906. The van der Waals surface area contributed by atoms with Crippen LogP contribution in [0, 0.1) is 13.8 Å². The zero-order chi connectivity index (χ0) is 20.3. The number of carbonyl (C=O) groups is 2. The van der Waals surface area contributed by atoms with Crippen molar-refractivity contribution >= 4 is 17.6 Å². The molecule has 2 N–H and O–H groups in total. The van der Waals surface area contributed by atoms with Gasteiger partial charge in [-0.3, -0.25) is 4.79 Å². The molecule has 2 aromatic rings. The number of benzene rings is 2. The van der Waals surface area contributed by atoms with Crippen LogP contribution in [0.2, 0.25) is 0 Å². The van der Waals surface area contributed by atoms with E-state index in [-0.39, 0.29) is 17.2 Å². The van der Waals surface area contributed by atoms with Crippen LogP contribution in [-0.2, 0) is 11.2 Å². The Kier molecular flexibility index (Phi) is 5.87. The van der Waals surface area contributed by atoms with Gasteiger partial charge < -0.3 is 19.8 Å². The lowest BCUT2D eigenvalue weighted by atomic mass is 9.95. The van der Waals surface area contributed by atoms with Gasteiger partial charge in [-0.05, 0) is 68.0 Å². The number of hydrogen-bond donors (Lipinski definition) is 2. The first-order chi connectivity index (χ1) is 13.4. The summed E-state index contributed by atoms with van der Waals surface area (Å²) in [5, 5.41) is 19.3. The Hall–Kier alpha value is -3.02. The molecule has 0 unspecified atom stereocenters. The number of carboxylic acids is 1. The van der Waals surface area contributed by atoms with Crippen LogP contribution >= 0.6 is 0 Å². The highest BCUT2D eigenvalue weighted by Gasteiger charge is 2.27. The predicted molar refractivity (Wildman–Crippen MR) is 106 cm³/mol. The van der Waals surface area contributed by atoms with E-state index in [0.29, 0.717) is 50.1 Å². The molecule has 1 heterocycles. The van der Waals surface area contributed by atoms with Gasteiger partial charge in [0.2, 0.25) is 5.91 Å². The average Bonchev–Trinajstić information content (AvgIpc) is 2.67. The van der Waals surface area contributed by atoms with Crippen LogP contribution in [-0.4, -0.2) is 35.2 Å². The van der Waals surface area contributed by atoms with Gasteiger partial charge in [0.1, 0.15) is 17.1 Å². The first-order valence-electron chi connectivity index (χ1n) is 9.47. The molecule has 0 radical (unpaired) electrons. The van der Waals surface area contributed by atoms with E-state index in [0.717, 1.165) is 16.9 Å². The van der Waals surface area contributed by atoms with Gasteiger partial charge in [-0.15, -0.1) is 0 Å². The zero-order valence-electron chi connectivity index (χ0n) is 16.2. The fraction of sp³-hybridized carbons (Fsp3) is 0.364. The monoisotopic (exact) mass is 383 g/mol. The van der Waals surface area contributed by atoms with Gasteiger partial charge in [0, 0.05) is 18.7 Å². The van der Waals surface area contributed by atoms with E-state index < -0.39 is 5.97 Å². The summed E-state index contributed by atoms with van der Waals surface area (Å²) in [5.41, 5.74) is 3.27. The summed E-state index contributed by atoms with van der Waals surface area (Å²) in [5.74, 6) is -0.669. The molecule has 1 amide bonds. The maximum atomic E-state index is 12.7. The Morgan fingerprint density at radius 1 is 1.18 bits per heavy atom. The molecular weight excluding hydrogens is 358 g/mol. The number of anilines is 1. The van der Waals surface area contributed by atoms with Crippen molar-refractivity contribution < 1.29 is 24.5 Å². The first-order valence-corrected chi connectivity index (χ1v) is 9.47. The largest absolute Gasteiger partial charge is 0.507 e. The molecule has 1 aliphatic heterocycles. The molecule has 0 fully saturated rings. The summed E-state index contributed by atoms with van der Waals surface area (Å²) in [6.07, 6.45) is 2.09. The minimum Gasteiger partial charge on any atom is -0.507 e. The number of aryl methyl sites for hydroxylation is 1. The standard InChI is InChI=1S/C22H25NO5/c1-14-6-3-8-19(15(14)2)28-13-5-9-20(25)23-12-4-7-16-17(23)10-11-18(24)21(16)22(26)27/h3,6,8,10-11,24H,4-5,7,9,12-13H2,1-2H3,(H,26,27). The second-order valence-corrected chi connectivity index (χ2v) is 7.06. The number of aromatic carboxylic acids is 1. The Balaban J connectivity index is 1.64. The van der Waals surface area contributed by atoms with Gasteiger partial charge in [-0.1, -0.05) is 12.1 Å². The second-order valence-electron chi connectivity index (χ2n) is 7.06. The molecule has 0 atom stereocenters. The third-order valence-electron chi connectivity index (χ3n) is 5.23. The Morgan fingerprint density at radius 2 is 1.96 bits per heavy atom. The number of rotatable bonds is 6. The summed E-state index contributed by atoms with van der Waals surface area (Å²) >= 11 is 0. The molecule has 0 saturated heterocycles. The van der Waals surface area contributed by atoms with Crippen LogP contribution in [0.5, 0.6) is 11.5 Å². The predicted octanol–water partition coefficient (Wildman–Crippen LogP) is 3.85. The molecule has 2 aromatic carbocycles. The van der Waals surface area contributed by atoms with Gasteiger partial charge in [-0.25, -0.2) is 4.79 Å². The van der Waals surface area contributed by atoms with Crippen molar-refractivity contribution in [3.8, 4) is 11.5 Å². The third-order valence-corrected chi connectivity index (χ3v) is 5.23.